The summed E-state index contributed by atoms with van der Waals surface area (Å²) < 4.78 is 1.86. The number of amides is 2. The molecule has 1 fully saturated rings. The second kappa shape index (κ2) is 11.1. The summed E-state index contributed by atoms with van der Waals surface area (Å²) in [5.41, 5.74) is 3.65. The molecule has 1 aromatic carbocycles. The number of likely N-dealkylation sites (tertiary alicyclic amines) is 1. The number of hydrogen-bond donors (Lipinski definition) is 3. The largest absolute Gasteiger partial charge is 0.465 e. The Bertz CT molecular complexity index is 1300. The minimum atomic E-state index is -0.884. The Morgan fingerprint density at radius 1 is 1.16 bits per heavy atom. The number of benzene rings is 1. The van der Waals surface area contributed by atoms with E-state index in [1.807, 2.05) is 43.8 Å². The maximum atomic E-state index is 12.5. The molecule has 192 valence electrons. The van der Waals surface area contributed by atoms with Crippen molar-refractivity contribution in [2.24, 2.45) is 5.92 Å². The Morgan fingerprint density at radius 2 is 1.86 bits per heavy atom. The minimum absolute atomic E-state index is 0.0138. The van der Waals surface area contributed by atoms with Crippen LogP contribution >= 0.6 is 0 Å². The van der Waals surface area contributed by atoms with E-state index >= 15 is 0 Å². The van der Waals surface area contributed by atoms with Crippen LogP contribution in [0.3, 0.4) is 0 Å². The van der Waals surface area contributed by atoms with E-state index in [4.69, 9.17) is 5.11 Å². The van der Waals surface area contributed by atoms with Gasteiger partial charge in [-0.05, 0) is 43.4 Å². The van der Waals surface area contributed by atoms with Gasteiger partial charge in [0.05, 0.1) is 29.7 Å². The number of nitrogens with one attached hydrogen (secondary N) is 2. The van der Waals surface area contributed by atoms with Crippen LogP contribution in [0.2, 0.25) is 0 Å². The summed E-state index contributed by atoms with van der Waals surface area (Å²) in [4.78, 5) is 34.1. The van der Waals surface area contributed by atoms with Gasteiger partial charge in [-0.25, -0.2) is 14.8 Å². The van der Waals surface area contributed by atoms with Gasteiger partial charge in [0, 0.05) is 36.6 Å². The molecule has 1 aliphatic heterocycles. The highest BCUT2D eigenvalue weighted by Gasteiger charge is 2.24. The van der Waals surface area contributed by atoms with Crippen molar-refractivity contribution >= 4 is 23.6 Å². The molecule has 11 nitrogen and oxygen atoms in total. The summed E-state index contributed by atoms with van der Waals surface area (Å²) in [6.45, 7) is 6.67. The molecule has 1 aliphatic rings. The first kappa shape index (κ1) is 25.6. The van der Waals surface area contributed by atoms with E-state index in [2.05, 4.69) is 31.8 Å². The molecule has 1 atom stereocenters. The first-order valence-corrected chi connectivity index (χ1v) is 12.2. The fourth-order valence-electron chi connectivity index (χ4n) is 4.20. The summed E-state index contributed by atoms with van der Waals surface area (Å²) in [6.07, 6.45) is 5.85. The Balaban J connectivity index is 1.44. The third kappa shape index (κ3) is 6.03. The van der Waals surface area contributed by atoms with Crippen LogP contribution < -0.4 is 10.6 Å². The Morgan fingerprint density at radius 3 is 2.49 bits per heavy atom. The van der Waals surface area contributed by atoms with Crippen molar-refractivity contribution in [1.82, 2.24) is 30.0 Å². The second-order valence-corrected chi connectivity index (χ2v) is 9.46. The number of piperidine rings is 1. The first-order chi connectivity index (χ1) is 17.7. The number of nitriles is 1. The molecule has 1 unspecified atom stereocenters. The van der Waals surface area contributed by atoms with Gasteiger partial charge in [-0.1, -0.05) is 26.0 Å². The lowest BCUT2D eigenvalue weighted by molar-refractivity contribution is 0.0937. The molecule has 3 N–H and O–H groups in total. The van der Waals surface area contributed by atoms with Gasteiger partial charge in [0.25, 0.3) is 5.91 Å². The van der Waals surface area contributed by atoms with Gasteiger partial charge in [-0.3, -0.25) is 9.48 Å². The molecular weight excluding hydrogens is 472 g/mol. The van der Waals surface area contributed by atoms with E-state index in [9.17, 15) is 14.9 Å². The van der Waals surface area contributed by atoms with Crippen molar-refractivity contribution < 1.29 is 14.7 Å². The van der Waals surface area contributed by atoms with Crippen LogP contribution in [0.5, 0.6) is 0 Å². The predicted molar refractivity (Wildman–Crippen MR) is 137 cm³/mol. The summed E-state index contributed by atoms with van der Waals surface area (Å²) in [5, 5.41) is 28.8. The first-order valence-electron chi connectivity index (χ1n) is 12.2. The lowest BCUT2D eigenvalue weighted by Gasteiger charge is -2.29. The zero-order valence-electron chi connectivity index (χ0n) is 21.0. The summed E-state index contributed by atoms with van der Waals surface area (Å²) in [5.74, 6) is 0.135. The summed E-state index contributed by atoms with van der Waals surface area (Å²) in [7, 11) is 0. The van der Waals surface area contributed by atoms with Crippen LogP contribution in [-0.4, -0.2) is 60.9 Å². The standard InChI is InChI=1S/C26H30N8O3/c1-16(2)22(12-27)31-24(35)19-6-4-18(5-7-19)23-17(3)13-28-25(32-23)30-20-14-29-34(15-20)21-8-10-33(11-9-21)26(36)37/h4-7,13-16,21-22H,8-11H2,1-3H3,(H,31,35)(H,36,37)(H,28,30,32). The molecule has 2 aromatic heterocycles. The Kier molecular flexibility index (Phi) is 7.67. The van der Waals surface area contributed by atoms with Crippen molar-refractivity contribution in [3.63, 3.8) is 0 Å². The monoisotopic (exact) mass is 502 g/mol. The maximum Gasteiger partial charge on any atom is 0.407 e. The van der Waals surface area contributed by atoms with Crippen molar-refractivity contribution in [3.8, 4) is 17.3 Å². The van der Waals surface area contributed by atoms with E-state index < -0.39 is 12.1 Å². The van der Waals surface area contributed by atoms with Gasteiger partial charge in [0.15, 0.2) is 0 Å². The molecule has 0 spiro atoms. The molecule has 3 heterocycles. The average Bonchev–Trinajstić information content (AvgIpc) is 3.36. The van der Waals surface area contributed by atoms with Crippen LogP contribution in [0, 0.1) is 24.2 Å². The zero-order valence-corrected chi connectivity index (χ0v) is 21.0. The molecular formula is C26H30N8O3. The molecule has 0 aliphatic carbocycles. The SMILES string of the molecule is Cc1cnc(Nc2cnn(C3CCN(C(=O)O)CC3)c2)nc1-c1ccc(C(=O)NC(C#N)C(C)C)cc1. The molecule has 37 heavy (non-hydrogen) atoms. The van der Waals surface area contributed by atoms with Crippen LogP contribution in [0.1, 0.15) is 48.7 Å². The third-order valence-electron chi connectivity index (χ3n) is 6.45. The molecule has 0 bridgehead atoms. The predicted octanol–water partition coefficient (Wildman–Crippen LogP) is 3.99. The van der Waals surface area contributed by atoms with Crippen molar-refractivity contribution in [2.45, 2.75) is 45.7 Å². The van der Waals surface area contributed by atoms with E-state index in [1.54, 1.807) is 24.5 Å². The van der Waals surface area contributed by atoms with Gasteiger partial charge in [-0.2, -0.15) is 10.4 Å². The lowest BCUT2D eigenvalue weighted by atomic mass is 10.0. The third-order valence-corrected chi connectivity index (χ3v) is 6.45. The molecule has 11 heteroatoms. The van der Waals surface area contributed by atoms with Gasteiger partial charge in [0.2, 0.25) is 5.95 Å². The number of carboxylic acid groups (broad SMARTS) is 1. The van der Waals surface area contributed by atoms with Crippen molar-refractivity contribution in [3.05, 3.63) is 54.0 Å². The maximum absolute atomic E-state index is 12.5. The highest BCUT2D eigenvalue weighted by Crippen LogP contribution is 2.26. The topological polar surface area (TPSA) is 149 Å². The number of anilines is 2. The van der Waals surface area contributed by atoms with E-state index in [1.165, 1.54) is 4.90 Å². The Labute approximate surface area is 215 Å². The number of hydrogen-bond acceptors (Lipinski definition) is 7. The van der Waals surface area contributed by atoms with E-state index in [-0.39, 0.29) is 17.9 Å². The van der Waals surface area contributed by atoms with Crippen LogP contribution in [-0.2, 0) is 0 Å². The molecule has 3 aromatic rings. The van der Waals surface area contributed by atoms with Crippen molar-refractivity contribution in [2.75, 3.05) is 18.4 Å². The number of nitrogens with zero attached hydrogens (tertiary/aromatic N) is 6. The fraction of sp³-hybridized carbons (Fsp3) is 0.385. The smallest absolute Gasteiger partial charge is 0.407 e. The number of carbonyl (C=O) groups excluding carboxylic acids is 1. The molecule has 2 amide bonds. The second-order valence-electron chi connectivity index (χ2n) is 9.46. The van der Waals surface area contributed by atoms with Crippen LogP contribution in [0.4, 0.5) is 16.4 Å². The quantitative estimate of drug-likeness (QED) is 0.439. The molecule has 0 radical (unpaired) electrons. The number of aryl methyl sites for hydroxylation is 1. The fourth-order valence-corrected chi connectivity index (χ4v) is 4.20. The minimum Gasteiger partial charge on any atom is -0.465 e. The molecule has 4 rings (SSSR count). The number of rotatable bonds is 7. The highest BCUT2D eigenvalue weighted by atomic mass is 16.4. The van der Waals surface area contributed by atoms with Crippen LogP contribution in [0.15, 0.2) is 42.9 Å². The van der Waals surface area contributed by atoms with Crippen LogP contribution in [0.25, 0.3) is 11.3 Å². The summed E-state index contributed by atoms with van der Waals surface area (Å²) in [6, 6.07) is 8.79. The molecule has 0 saturated carbocycles. The average molecular weight is 503 g/mol. The van der Waals surface area contributed by atoms with E-state index in [0.29, 0.717) is 37.4 Å². The highest BCUT2D eigenvalue weighted by molar-refractivity contribution is 5.95. The van der Waals surface area contributed by atoms with Gasteiger partial charge < -0.3 is 20.6 Å². The zero-order chi connectivity index (χ0) is 26.5. The van der Waals surface area contributed by atoms with Gasteiger partial charge >= 0.3 is 6.09 Å². The van der Waals surface area contributed by atoms with Gasteiger partial charge in [-0.15, -0.1) is 0 Å². The number of carbonyl (C=O) groups is 2. The van der Waals surface area contributed by atoms with E-state index in [0.717, 1.165) is 22.5 Å². The normalized spacial score (nSPS) is 14.7. The lowest BCUT2D eigenvalue weighted by Crippen LogP contribution is -2.38. The number of aromatic nitrogens is 4. The Hall–Kier alpha value is -4.46. The summed E-state index contributed by atoms with van der Waals surface area (Å²) >= 11 is 0. The van der Waals surface area contributed by atoms with Crippen molar-refractivity contribution in [1.29, 1.82) is 5.26 Å². The molecule has 1 saturated heterocycles. The van der Waals surface area contributed by atoms with Gasteiger partial charge in [0.1, 0.15) is 6.04 Å².